The van der Waals surface area contributed by atoms with E-state index >= 15 is 0 Å². The third-order valence-electron chi connectivity index (χ3n) is 5.14. The predicted octanol–water partition coefficient (Wildman–Crippen LogP) is 7.05. The average molecular weight is 503 g/mol. The first kappa shape index (κ1) is 23.2. The Bertz CT molecular complexity index is 1430. The smallest absolute Gasteiger partial charge is 0.262 e. The lowest BCUT2D eigenvalue weighted by atomic mass is 10.0. The van der Waals surface area contributed by atoms with Crippen LogP contribution in [0.2, 0.25) is 15.1 Å². The van der Waals surface area contributed by atoms with Crippen molar-refractivity contribution in [3.05, 3.63) is 91.0 Å². The van der Waals surface area contributed by atoms with E-state index in [1.807, 2.05) is 19.9 Å². The summed E-state index contributed by atoms with van der Waals surface area (Å²) in [6.07, 6.45) is 0. The highest BCUT2D eigenvalue weighted by atomic mass is 35.5. The molecule has 8 heteroatoms. The van der Waals surface area contributed by atoms with Gasteiger partial charge in [0.05, 0.1) is 21.1 Å². The highest BCUT2D eigenvalue weighted by molar-refractivity contribution is 6.44. The summed E-state index contributed by atoms with van der Waals surface area (Å²) in [6.45, 7) is 3.40. The Balaban J connectivity index is 1.72. The molecule has 0 saturated heterocycles. The molecule has 0 unspecified atom stereocenters. The fraction of sp³-hybridized carbons (Fsp3) is 0.120. The van der Waals surface area contributed by atoms with Crippen molar-refractivity contribution in [1.29, 1.82) is 0 Å². The van der Waals surface area contributed by atoms with Crippen LogP contribution in [0.5, 0.6) is 5.75 Å². The fourth-order valence-corrected chi connectivity index (χ4v) is 3.75. The Morgan fingerprint density at radius 2 is 1.70 bits per heavy atom. The number of fused-ring (bicyclic) bond motifs is 1. The molecule has 33 heavy (non-hydrogen) atoms. The van der Waals surface area contributed by atoms with Crippen LogP contribution in [0.4, 0.5) is 5.69 Å². The SMILES string of the molecule is Cc1cc2oc(-c3ccc(Cl)cc3)c(OCC(=O)Nc3cccc(Cl)c3Cl)c(=O)c2cc1C. The van der Waals surface area contributed by atoms with Gasteiger partial charge >= 0.3 is 0 Å². The zero-order chi connectivity index (χ0) is 23.7. The first-order chi connectivity index (χ1) is 15.7. The minimum Gasteiger partial charge on any atom is -0.476 e. The molecule has 0 bridgehead atoms. The van der Waals surface area contributed by atoms with E-state index in [4.69, 9.17) is 44.0 Å². The number of halogens is 3. The Kier molecular flexibility index (Phi) is 6.66. The maximum absolute atomic E-state index is 13.3. The Morgan fingerprint density at radius 1 is 1.00 bits per heavy atom. The molecular formula is C25H18Cl3NO4. The molecule has 0 atom stereocenters. The van der Waals surface area contributed by atoms with Crippen LogP contribution in [-0.4, -0.2) is 12.5 Å². The molecule has 0 spiro atoms. The number of rotatable bonds is 5. The van der Waals surface area contributed by atoms with Gasteiger partial charge in [-0.05, 0) is 73.5 Å². The van der Waals surface area contributed by atoms with Gasteiger partial charge in [-0.15, -0.1) is 0 Å². The lowest BCUT2D eigenvalue weighted by Gasteiger charge is -2.13. The van der Waals surface area contributed by atoms with Crippen molar-refractivity contribution in [2.75, 3.05) is 11.9 Å². The van der Waals surface area contributed by atoms with Gasteiger partial charge in [0.1, 0.15) is 5.58 Å². The first-order valence-electron chi connectivity index (χ1n) is 9.95. The molecule has 168 valence electrons. The summed E-state index contributed by atoms with van der Waals surface area (Å²) in [6, 6.07) is 15.2. The summed E-state index contributed by atoms with van der Waals surface area (Å²) < 4.78 is 11.8. The molecule has 4 aromatic rings. The number of benzene rings is 3. The molecular weight excluding hydrogens is 485 g/mol. The van der Waals surface area contributed by atoms with E-state index in [2.05, 4.69) is 5.32 Å². The van der Waals surface area contributed by atoms with Crippen LogP contribution < -0.4 is 15.5 Å². The number of hydrogen-bond acceptors (Lipinski definition) is 4. The fourth-order valence-electron chi connectivity index (χ4n) is 3.28. The number of anilines is 1. The second-order valence-corrected chi connectivity index (χ2v) is 8.69. The molecule has 1 N–H and O–H groups in total. The van der Waals surface area contributed by atoms with Crippen LogP contribution in [0, 0.1) is 13.8 Å². The van der Waals surface area contributed by atoms with Gasteiger partial charge in [-0.2, -0.15) is 0 Å². The quantitative estimate of drug-likeness (QED) is 0.317. The first-order valence-corrected chi connectivity index (χ1v) is 11.1. The number of carbonyl (C=O) groups is 1. The maximum Gasteiger partial charge on any atom is 0.262 e. The van der Waals surface area contributed by atoms with Crippen LogP contribution in [0.1, 0.15) is 11.1 Å². The zero-order valence-corrected chi connectivity index (χ0v) is 19.9. The van der Waals surface area contributed by atoms with Gasteiger partial charge < -0.3 is 14.5 Å². The summed E-state index contributed by atoms with van der Waals surface area (Å²) >= 11 is 18.1. The van der Waals surface area contributed by atoms with Crippen molar-refractivity contribution in [2.45, 2.75) is 13.8 Å². The summed E-state index contributed by atoms with van der Waals surface area (Å²) in [5.74, 6) is -0.373. The molecule has 0 fully saturated rings. The molecule has 0 aliphatic rings. The third-order valence-corrected chi connectivity index (χ3v) is 6.22. The van der Waals surface area contributed by atoms with Gasteiger partial charge in [0.15, 0.2) is 12.4 Å². The zero-order valence-electron chi connectivity index (χ0n) is 17.7. The summed E-state index contributed by atoms with van der Waals surface area (Å²) in [5.41, 5.74) is 2.90. The molecule has 0 radical (unpaired) electrons. The van der Waals surface area contributed by atoms with E-state index in [-0.39, 0.29) is 22.0 Å². The van der Waals surface area contributed by atoms with E-state index in [0.29, 0.717) is 32.3 Å². The van der Waals surface area contributed by atoms with Crippen molar-refractivity contribution in [3.63, 3.8) is 0 Å². The predicted molar refractivity (Wildman–Crippen MR) is 133 cm³/mol. The van der Waals surface area contributed by atoms with Gasteiger partial charge in [-0.1, -0.05) is 40.9 Å². The van der Waals surface area contributed by atoms with Gasteiger partial charge in [-0.3, -0.25) is 9.59 Å². The molecule has 0 aliphatic heterocycles. The maximum atomic E-state index is 13.3. The topological polar surface area (TPSA) is 68.5 Å². The molecule has 5 nitrogen and oxygen atoms in total. The molecule has 0 aliphatic carbocycles. The third kappa shape index (κ3) is 4.86. The standard InChI is InChI=1S/C25H18Cl3NO4/c1-13-10-17-20(11-14(13)2)33-24(15-6-8-16(26)9-7-15)25(23(17)31)32-12-21(30)29-19-5-3-4-18(27)22(19)28/h3-11H,12H2,1-2H3,(H,29,30). The van der Waals surface area contributed by atoms with Crippen molar-refractivity contribution in [3.8, 4) is 17.1 Å². The lowest BCUT2D eigenvalue weighted by Crippen LogP contribution is -2.23. The molecule has 0 saturated carbocycles. The molecule has 1 aromatic heterocycles. The van der Waals surface area contributed by atoms with Crippen LogP contribution in [0.25, 0.3) is 22.3 Å². The average Bonchev–Trinajstić information content (AvgIpc) is 2.78. The van der Waals surface area contributed by atoms with Crippen molar-refractivity contribution < 1.29 is 13.9 Å². The number of aryl methyl sites for hydroxylation is 2. The van der Waals surface area contributed by atoms with Crippen LogP contribution in [0.3, 0.4) is 0 Å². The Labute approximate surface area is 204 Å². The highest BCUT2D eigenvalue weighted by Crippen LogP contribution is 2.33. The van der Waals surface area contributed by atoms with Crippen LogP contribution in [0.15, 0.2) is 63.8 Å². The lowest BCUT2D eigenvalue weighted by molar-refractivity contribution is -0.118. The minimum absolute atomic E-state index is 0.0691. The second-order valence-electron chi connectivity index (χ2n) is 7.47. The van der Waals surface area contributed by atoms with Crippen molar-refractivity contribution in [2.24, 2.45) is 0 Å². The number of hydrogen-bond donors (Lipinski definition) is 1. The van der Waals surface area contributed by atoms with Gasteiger partial charge in [0.2, 0.25) is 11.2 Å². The molecule has 3 aromatic carbocycles. The van der Waals surface area contributed by atoms with Crippen LogP contribution >= 0.6 is 34.8 Å². The summed E-state index contributed by atoms with van der Waals surface area (Å²) in [5, 5.41) is 4.05. The largest absolute Gasteiger partial charge is 0.476 e. The Morgan fingerprint density at radius 3 is 2.42 bits per heavy atom. The summed E-state index contributed by atoms with van der Waals surface area (Å²) in [7, 11) is 0. The van der Waals surface area contributed by atoms with Crippen LogP contribution in [-0.2, 0) is 4.79 Å². The highest BCUT2D eigenvalue weighted by Gasteiger charge is 2.20. The second kappa shape index (κ2) is 9.48. The van der Waals surface area contributed by atoms with E-state index in [1.165, 1.54) is 0 Å². The van der Waals surface area contributed by atoms with Gasteiger partial charge in [0.25, 0.3) is 5.91 Å². The Hall–Kier alpha value is -2.99. The van der Waals surface area contributed by atoms with E-state index < -0.39 is 12.5 Å². The van der Waals surface area contributed by atoms with E-state index in [0.717, 1.165) is 11.1 Å². The van der Waals surface area contributed by atoms with Gasteiger partial charge in [0, 0.05) is 10.6 Å². The number of carbonyl (C=O) groups excluding carboxylic acids is 1. The summed E-state index contributed by atoms with van der Waals surface area (Å²) in [4.78, 5) is 25.9. The number of ether oxygens (including phenoxy) is 1. The molecule has 4 rings (SSSR count). The van der Waals surface area contributed by atoms with Crippen molar-refractivity contribution in [1.82, 2.24) is 0 Å². The van der Waals surface area contributed by atoms with Gasteiger partial charge in [-0.25, -0.2) is 0 Å². The van der Waals surface area contributed by atoms with Crippen molar-refractivity contribution >= 4 is 57.4 Å². The number of amides is 1. The monoisotopic (exact) mass is 501 g/mol. The minimum atomic E-state index is -0.513. The number of nitrogens with one attached hydrogen (secondary N) is 1. The normalized spacial score (nSPS) is 10.9. The van der Waals surface area contributed by atoms with E-state index in [1.54, 1.807) is 48.5 Å². The molecule has 1 heterocycles. The molecule has 1 amide bonds. The van der Waals surface area contributed by atoms with E-state index in [9.17, 15) is 9.59 Å².